The molecule has 1 N–H and O–H groups in total. The Bertz CT molecular complexity index is 1920. The molecule has 2 atom stereocenters. The van der Waals surface area contributed by atoms with Gasteiger partial charge in [-0.05, 0) is 50.5 Å². The molecule has 15 nitrogen and oxygen atoms in total. The Morgan fingerprint density at radius 1 is 0.944 bits per heavy atom. The molecule has 2 aliphatic heterocycles. The second kappa shape index (κ2) is 18.7. The van der Waals surface area contributed by atoms with E-state index in [9.17, 15) is 24.0 Å². The second-order valence-electron chi connectivity index (χ2n) is 13.1. The van der Waals surface area contributed by atoms with Gasteiger partial charge in [-0.15, -0.1) is 0 Å². The number of hydrogen-bond donors (Lipinski definition) is 1. The van der Waals surface area contributed by atoms with Crippen LogP contribution in [-0.2, 0) is 77.5 Å². The van der Waals surface area contributed by atoms with Crippen molar-refractivity contribution >= 4 is 34.6 Å². The predicted octanol–water partition coefficient (Wildman–Crippen LogP) is 3.41. The Labute approximate surface area is 312 Å². The van der Waals surface area contributed by atoms with Crippen molar-refractivity contribution in [2.75, 3.05) is 59.5 Å². The van der Waals surface area contributed by atoms with Crippen LogP contribution in [0.5, 0.6) is 0 Å². The highest BCUT2D eigenvalue weighted by atomic mass is 16.6. The minimum atomic E-state index is -1.87. The number of hydrogen-bond acceptors (Lipinski definition) is 13. The number of carboxylic acids is 1. The summed E-state index contributed by atoms with van der Waals surface area (Å²) in [6.45, 7) is 8.50. The number of nitrogens with zero attached hydrogens (tertiary/aromatic N) is 2. The number of carbonyl (C=O) groups excluding carboxylic acids is 3. The van der Waals surface area contributed by atoms with E-state index < -0.39 is 36.2 Å². The van der Waals surface area contributed by atoms with Gasteiger partial charge in [0, 0.05) is 29.5 Å². The van der Waals surface area contributed by atoms with E-state index in [2.05, 4.69) is 13.0 Å². The summed E-state index contributed by atoms with van der Waals surface area (Å²) in [5.74, 6) is -2.99. The van der Waals surface area contributed by atoms with E-state index in [-0.39, 0.29) is 94.6 Å². The molecule has 0 aliphatic carbocycles. The Balaban J connectivity index is 1.18. The number of ether oxygens (including phenoxy) is 7. The highest BCUT2D eigenvalue weighted by Gasteiger charge is 2.50. The average molecular weight is 753 g/mol. The first-order chi connectivity index (χ1) is 26.0. The number of carbonyl (C=O) groups is 4. The minimum absolute atomic E-state index is 0.00977. The maximum atomic E-state index is 14.0. The quantitative estimate of drug-likeness (QED) is 0.0909. The maximum absolute atomic E-state index is 14.0. The van der Waals surface area contributed by atoms with Crippen LogP contribution in [0.3, 0.4) is 0 Å². The van der Waals surface area contributed by atoms with E-state index in [0.717, 1.165) is 34.0 Å². The van der Waals surface area contributed by atoms with E-state index in [0.29, 0.717) is 24.5 Å². The molecule has 5 rings (SSSR count). The number of pyridine rings is 2. The normalized spacial score (nSPS) is 16.4. The summed E-state index contributed by atoms with van der Waals surface area (Å²) in [6, 6.07) is 7.79. The molecule has 3 aromatic rings. The van der Waals surface area contributed by atoms with Crippen LogP contribution in [-0.4, -0.2) is 104 Å². The Morgan fingerprint density at radius 2 is 1.69 bits per heavy atom. The molecule has 0 saturated carbocycles. The number of cyclic esters (lactones) is 1. The first-order valence-electron chi connectivity index (χ1n) is 18.3. The first kappa shape index (κ1) is 40.6. The smallest absolute Gasteiger partial charge is 0.355 e. The van der Waals surface area contributed by atoms with Gasteiger partial charge < -0.3 is 42.8 Å². The summed E-state index contributed by atoms with van der Waals surface area (Å²) in [5.41, 5.74) is 3.49. The molecule has 2 aromatic heterocycles. The Hall–Kier alpha value is -4.54. The van der Waals surface area contributed by atoms with Gasteiger partial charge in [0.25, 0.3) is 5.56 Å². The largest absolute Gasteiger partial charge is 0.480 e. The van der Waals surface area contributed by atoms with Crippen molar-refractivity contribution in [3.63, 3.8) is 0 Å². The number of aryl methyl sites for hydroxylation is 2. The van der Waals surface area contributed by atoms with Gasteiger partial charge in [-0.25, -0.2) is 14.6 Å². The first-order valence-corrected chi connectivity index (χ1v) is 18.3. The van der Waals surface area contributed by atoms with Gasteiger partial charge in [0.2, 0.25) is 5.60 Å². The fourth-order valence-corrected chi connectivity index (χ4v) is 6.74. The fourth-order valence-electron chi connectivity index (χ4n) is 6.74. The Morgan fingerprint density at radius 3 is 2.43 bits per heavy atom. The predicted molar refractivity (Wildman–Crippen MR) is 193 cm³/mol. The molecule has 15 heteroatoms. The van der Waals surface area contributed by atoms with Crippen molar-refractivity contribution < 1.29 is 57.4 Å². The molecule has 2 aliphatic rings. The molecule has 0 spiro atoms. The number of carboxylic acid groups (broad SMARTS) is 1. The number of aromatic nitrogens is 2. The highest BCUT2D eigenvalue weighted by molar-refractivity contribution is 5.91. The van der Waals surface area contributed by atoms with Crippen LogP contribution in [0.4, 0.5) is 0 Å². The zero-order chi connectivity index (χ0) is 38.8. The number of ketones is 1. The number of fused-ring (bicyclic) bond motifs is 5. The van der Waals surface area contributed by atoms with Crippen LogP contribution >= 0.6 is 0 Å². The lowest BCUT2D eigenvalue weighted by atomic mass is 9.85. The standard InChI is InChI=1S/C39H48N2O13/c1-5-27-28-16-24(4)8-10-32(28)40-36-29(27)18-41-33(36)17-31-30(37(41)46)22-53-38(47)39(31,6-2)54-35(45)11-9-25(42)19-49-14-15-52-26(20-48-7-3)21-50-12-13-51-23-34(43)44/h8,10,16-17,26H,5-7,9,11-15,18-23H2,1-4H3,(H,43,44)/t26?,39-/m0/s1. The zero-order valence-electron chi connectivity index (χ0n) is 31.2. The average Bonchev–Trinajstić information content (AvgIpc) is 3.52. The highest BCUT2D eigenvalue weighted by Crippen LogP contribution is 2.42. The van der Waals surface area contributed by atoms with Gasteiger partial charge in [-0.1, -0.05) is 25.5 Å². The van der Waals surface area contributed by atoms with Gasteiger partial charge in [0.1, 0.15) is 25.9 Å². The van der Waals surface area contributed by atoms with Crippen LogP contribution < -0.4 is 5.56 Å². The topological polar surface area (TPSA) is 188 Å². The van der Waals surface area contributed by atoms with Gasteiger partial charge >= 0.3 is 17.9 Å². The molecule has 0 saturated heterocycles. The molecule has 0 amide bonds. The lowest BCUT2D eigenvalue weighted by Crippen LogP contribution is -2.47. The van der Waals surface area contributed by atoms with Crippen LogP contribution in [0.15, 0.2) is 29.1 Å². The number of Topliss-reactive ketones (excluding diaryl/α,β-unsaturated/α-hetero) is 1. The summed E-state index contributed by atoms with van der Waals surface area (Å²) < 4.78 is 40.0. The molecular formula is C39H48N2O13. The Kier molecular flexibility index (Phi) is 14.1. The second-order valence-corrected chi connectivity index (χ2v) is 13.1. The van der Waals surface area contributed by atoms with Crippen molar-refractivity contribution in [2.45, 2.75) is 78.2 Å². The molecule has 54 heavy (non-hydrogen) atoms. The van der Waals surface area contributed by atoms with Gasteiger partial charge in [0.15, 0.2) is 5.78 Å². The molecule has 0 bridgehead atoms. The molecule has 292 valence electrons. The fraction of sp³-hybridized carbons (Fsp3) is 0.538. The van der Waals surface area contributed by atoms with Crippen LogP contribution in [0.2, 0.25) is 0 Å². The van der Waals surface area contributed by atoms with Crippen molar-refractivity contribution in [1.29, 1.82) is 0 Å². The van der Waals surface area contributed by atoms with Crippen molar-refractivity contribution in [3.05, 3.63) is 62.4 Å². The summed E-state index contributed by atoms with van der Waals surface area (Å²) in [5, 5.41) is 9.65. The van der Waals surface area contributed by atoms with Crippen LogP contribution in [0, 0.1) is 6.92 Å². The third kappa shape index (κ3) is 9.21. The van der Waals surface area contributed by atoms with Gasteiger partial charge in [-0.2, -0.15) is 0 Å². The van der Waals surface area contributed by atoms with E-state index >= 15 is 0 Å². The lowest BCUT2D eigenvalue weighted by Gasteiger charge is -2.35. The molecule has 0 radical (unpaired) electrons. The molecule has 1 aromatic carbocycles. The number of esters is 2. The number of benzene rings is 1. The lowest BCUT2D eigenvalue weighted by molar-refractivity contribution is -0.189. The summed E-state index contributed by atoms with van der Waals surface area (Å²) >= 11 is 0. The van der Waals surface area contributed by atoms with Crippen molar-refractivity contribution in [1.82, 2.24) is 9.55 Å². The third-order valence-corrected chi connectivity index (χ3v) is 9.43. The third-order valence-electron chi connectivity index (χ3n) is 9.43. The minimum Gasteiger partial charge on any atom is -0.480 e. The van der Waals surface area contributed by atoms with Crippen LogP contribution in [0.1, 0.15) is 67.9 Å². The summed E-state index contributed by atoms with van der Waals surface area (Å²) in [7, 11) is 0. The monoisotopic (exact) mass is 752 g/mol. The SMILES string of the molecule is CCOCC(COCCOCC(=O)O)OCCOCC(=O)CCC(=O)O[C@]1(CC)C(=O)OCc2c1cc1n(c2=O)Cc2c-1nc1ccc(C)cc1c2CC. The molecular weight excluding hydrogens is 704 g/mol. The summed E-state index contributed by atoms with van der Waals surface area (Å²) in [4.78, 5) is 68.7. The van der Waals surface area contributed by atoms with E-state index in [1.54, 1.807) is 17.6 Å². The zero-order valence-corrected chi connectivity index (χ0v) is 31.2. The van der Waals surface area contributed by atoms with Gasteiger partial charge in [-0.3, -0.25) is 14.4 Å². The van der Waals surface area contributed by atoms with E-state index in [1.807, 2.05) is 26.0 Å². The van der Waals surface area contributed by atoms with Crippen LogP contribution in [0.25, 0.3) is 22.3 Å². The van der Waals surface area contributed by atoms with Crippen molar-refractivity contribution in [2.24, 2.45) is 0 Å². The number of rotatable bonds is 22. The number of aliphatic carboxylic acids is 1. The summed E-state index contributed by atoms with van der Waals surface area (Å²) in [6.07, 6.45) is -0.170. The maximum Gasteiger partial charge on any atom is 0.355 e. The van der Waals surface area contributed by atoms with E-state index in [4.69, 9.17) is 43.2 Å². The molecule has 1 unspecified atom stereocenters. The molecule has 4 heterocycles. The van der Waals surface area contributed by atoms with Crippen molar-refractivity contribution in [3.8, 4) is 11.4 Å². The van der Waals surface area contributed by atoms with E-state index in [1.165, 1.54) is 0 Å². The molecule has 0 fully saturated rings. The van der Waals surface area contributed by atoms with Gasteiger partial charge in [0.05, 0.1) is 75.1 Å².